The number of aromatic nitrogens is 2. The van der Waals surface area contributed by atoms with E-state index in [0.29, 0.717) is 10.9 Å². The van der Waals surface area contributed by atoms with Crippen molar-refractivity contribution in [2.75, 3.05) is 5.75 Å². The maximum Gasteiger partial charge on any atom is 0.267 e. The maximum absolute atomic E-state index is 13.8. The van der Waals surface area contributed by atoms with Gasteiger partial charge in [0.25, 0.3) is 11.5 Å². The second kappa shape index (κ2) is 10.7. The second-order valence-corrected chi connectivity index (χ2v) is 10.8. The number of carbonyl (C=O) groups is 1. The molecule has 3 aromatic heterocycles. The first-order valence-corrected chi connectivity index (χ1v) is 13.6. The third-order valence-corrected chi connectivity index (χ3v) is 8.08. The summed E-state index contributed by atoms with van der Waals surface area (Å²) in [6.45, 7) is 3.88. The zero-order valence-electron chi connectivity index (χ0n) is 20.1. The summed E-state index contributed by atoms with van der Waals surface area (Å²) in [4.78, 5) is 33.2. The summed E-state index contributed by atoms with van der Waals surface area (Å²) in [5.74, 6) is 0.511. The Morgan fingerprint density at radius 2 is 2.06 bits per heavy atom. The molecule has 5 rings (SSSR count). The molecule has 3 heterocycles. The van der Waals surface area contributed by atoms with Gasteiger partial charge in [0.2, 0.25) is 0 Å². The third-order valence-electron chi connectivity index (χ3n) is 5.95. The van der Waals surface area contributed by atoms with E-state index in [4.69, 9.17) is 9.40 Å². The molecule has 0 saturated heterocycles. The van der Waals surface area contributed by atoms with Crippen LogP contribution in [-0.2, 0) is 17.6 Å². The summed E-state index contributed by atoms with van der Waals surface area (Å²) < 4.78 is 6.92. The Bertz CT molecular complexity index is 1510. The number of thioether (sulfide) groups is 1. The average Bonchev–Trinajstić information content (AvgIpc) is 3.51. The average molecular weight is 519 g/mol. The molecular weight excluding hydrogens is 492 g/mol. The molecule has 7 nitrogen and oxygen atoms in total. The number of carbonyl (C=O) groups excluding carboxylic acids is 1. The Morgan fingerprint density at radius 1 is 1.25 bits per heavy atom. The molecule has 0 aliphatic heterocycles. The van der Waals surface area contributed by atoms with Crippen molar-refractivity contribution in [3.63, 3.8) is 0 Å². The van der Waals surface area contributed by atoms with Gasteiger partial charge < -0.3 is 4.42 Å². The summed E-state index contributed by atoms with van der Waals surface area (Å²) in [6.07, 6.45) is 9.14. The Labute approximate surface area is 216 Å². The van der Waals surface area contributed by atoms with E-state index in [9.17, 15) is 9.59 Å². The molecule has 0 saturated carbocycles. The normalized spacial score (nSPS) is 13.9. The van der Waals surface area contributed by atoms with Gasteiger partial charge in [-0.15, -0.1) is 11.3 Å². The number of furan rings is 1. The molecule has 0 atom stereocenters. The van der Waals surface area contributed by atoms with Crippen LogP contribution >= 0.6 is 23.1 Å². The highest BCUT2D eigenvalue weighted by atomic mass is 32.2. The molecule has 9 heteroatoms. The molecule has 1 aliphatic carbocycles. The first-order valence-electron chi connectivity index (χ1n) is 11.8. The van der Waals surface area contributed by atoms with Gasteiger partial charge in [-0.2, -0.15) is 5.10 Å². The van der Waals surface area contributed by atoms with Crippen molar-refractivity contribution in [2.45, 2.75) is 44.7 Å². The van der Waals surface area contributed by atoms with E-state index < -0.39 is 0 Å². The van der Waals surface area contributed by atoms with Gasteiger partial charge in [-0.25, -0.2) is 10.4 Å². The number of hydrogen-bond donors (Lipinski definition) is 1. The number of amides is 1. The molecule has 0 radical (unpaired) electrons. The van der Waals surface area contributed by atoms with Gasteiger partial charge in [-0.1, -0.05) is 29.5 Å². The lowest BCUT2D eigenvalue weighted by Crippen LogP contribution is -2.24. The van der Waals surface area contributed by atoms with Crippen LogP contribution in [0, 0.1) is 6.92 Å². The highest BCUT2D eigenvalue weighted by Crippen LogP contribution is 2.35. The van der Waals surface area contributed by atoms with Crippen LogP contribution in [-0.4, -0.2) is 27.4 Å². The smallest absolute Gasteiger partial charge is 0.267 e. The lowest BCUT2D eigenvalue weighted by molar-refractivity contribution is -0.118. The standard InChI is InChI=1S/C27H26N4O3S2/c1-17-9-11-19(12-10-17)31-26(33)24-21-7-3-4-8-22(21)36-25(24)29-27(31)35-16-23(32)30-28-15-18(2)14-20-6-5-13-34-20/h5-6,9-15H,3-4,7-8,16H2,1-2H3,(H,30,32)/b18-14-,28-15-. The van der Waals surface area contributed by atoms with E-state index in [2.05, 4.69) is 10.5 Å². The minimum absolute atomic E-state index is 0.0668. The van der Waals surface area contributed by atoms with Crippen LogP contribution < -0.4 is 11.0 Å². The fourth-order valence-corrected chi connectivity index (χ4v) is 6.32. The predicted octanol–water partition coefficient (Wildman–Crippen LogP) is 5.53. The highest BCUT2D eigenvalue weighted by molar-refractivity contribution is 7.99. The number of hydrogen-bond acceptors (Lipinski definition) is 7. The van der Waals surface area contributed by atoms with Gasteiger partial charge in [-0.05, 0) is 81.0 Å². The van der Waals surface area contributed by atoms with E-state index in [0.717, 1.165) is 58.3 Å². The van der Waals surface area contributed by atoms with Gasteiger partial charge in [-0.3, -0.25) is 14.2 Å². The zero-order chi connectivity index (χ0) is 25.1. The van der Waals surface area contributed by atoms with E-state index >= 15 is 0 Å². The fourth-order valence-electron chi connectivity index (χ4n) is 4.21. The van der Waals surface area contributed by atoms with E-state index in [1.54, 1.807) is 28.4 Å². The molecular formula is C27H26N4O3S2. The van der Waals surface area contributed by atoms with Crippen LogP contribution in [0.25, 0.3) is 22.0 Å². The molecule has 36 heavy (non-hydrogen) atoms. The number of hydrazone groups is 1. The van der Waals surface area contributed by atoms with Crippen LogP contribution in [0.4, 0.5) is 0 Å². The number of aryl methyl sites for hydroxylation is 3. The number of allylic oxidation sites excluding steroid dienone is 1. The number of fused-ring (bicyclic) bond motifs is 3. The Kier molecular flexibility index (Phi) is 7.20. The topological polar surface area (TPSA) is 89.5 Å². The Hall–Kier alpha value is -3.43. The molecule has 1 aromatic carbocycles. The molecule has 0 bridgehead atoms. The summed E-state index contributed by atoms with van der Waals surface area (Å²) >= 11 is 2.85. The monoisotopic (exact) mass is 518 g/mol. The van der Waals surface area contributed by atoms with Crippen LogP contribution in [0.1, 0.15) is 41.5 Å². The van der Waals surface area contributed by atoms with Gasteiger partial charge in [0, 0.05) is 4.88 Å². The van der Waals surface area contributed by atoms with E-state index in [1.807, 2.05) is 56.3 Å². The van der Waals surface area contributed by atoms with Crippen molar-refractivity contribution in [3.05, 3.63) is 80.4 Å². The summed E-state index contributed by atoms with van der Waals surface area (Å²) in [5, 5.41) is 5.26. The quantitative estimate of drug-likeness (QED) is 0.150. The molecule has 4 aromatic rings. The van der Waals surface area contributed by atoms with Crippen molar-refractivity contribution in [3.8, 4) is 5.69 Å². The lowest BCUT2D eigenvalue weighted by Gasteiger charge is -2.13. The van der Waals surface area contributed by atoms with Crippen LogP contribution in [0.2, 0.25) is 0 Å². The molecule has 1 aliphatic rings. The number of thiophene rings is 1. The highest BCUT2D eigenvalue weighted by Gasteiger charge is 2.23. The summed E-state index contributed by atoms with van der Waals surface area (Å²) in [5.41, 5.74) is 6.32. The predicted molar refractivity (Wildman–Crippen MR) is 146 cm³/mol. The van der Waals surface area contributed by atoms with E-state index in [-0.39, 0.29) is 17.2 Å². The summed E-state index contributed by atoms with van der Waals surface area (Å²) in [6, 6.07) is 11.4. The Morgan fingerprint density at radius 3 is 2.83 bits per heavy atom. The number of nitrogens with zero attached hydrogens (tertiary/aromatic N) is 3. The zero-order valence-corrected chi connectivity index (χ0v) is 21.7. The van der Waals surface area contributed by atoms with Crippen molar-refractivity contribution in [1.82, 2.24) is 15.0 Å². The number of nitrogens with one attached hydrogen (secondary N) is 1. The number of benzene rings is 1. The van der Waals surface area contributed by atoms with Crippen LogP contribution in [0.5, 0.6) is 0 Å². The summed E-state index contributed by atoms with van der Waals surface area (Å²) in [7, 11) is 0. The molecule has 0 fully saturated rings. The second-order valence-electron chi connectivity index (χ2n) is 8.75. The first kappa shape index (κ1) is 24.3. The fraction of sp³-hybridized carbons (Fsp3) is 0.259. The van der Waals surface area contributed by atoms with Gasteiger partial charge in [0.15, 0.2) is 5.16 Å². The van der Waals surface area contributed by atoms with Gasteiger partial charge in [0.05, 0.1) is 29.3 Å². The molecule has 0 unspecified atom stereocenters. The first-order chi connectivity index (χ1) is 17.5. The van der Waals surface area contributed by atoms with Crippen LogP contribution in [0.15, 0.2) is 67.7 Å². The van der Waals surface area contributed by atoms with Gasteiger partial charge in [0.1, 0.15) is 10.6 Å². The van der Waals surface area contributed by atoms with Crippen LogP contribution in [0.3, 0.4) is 0 Å². The molecule has 1 N–H and O–H groups in total. The lowest BCUT2D eigenvalue weighted by atomic mass is 9.97. The third kappa shape index (κ3) is 5.22. The van der Waals surface area contributed by atoms with Crippen molar-refractivity contribution < 1.29 is 9.21 Å². The molecule has 184 valence electrons. The van der Waals surface area contributed by atoms with Crippen molar-refractivity contribution in [1.29, 1.82) is 0 Å². The minimum atomic E-state index is -0.280. The molecule has 0 spiro atoms. The Balaban J connectivity index is 1.39. The van der Waals surface area contributed by atoms with Gasteiger partial charge >= 0.3 is 0 Å². The SMILES string of the molecule is CC(/C=N\NC(=O)CSc1nc2sc3c(c2c(=O)n1-c1ccc(C)cc1)CCCC3)=C/c1ccco1. The van der Waals surface area contributed by atoms with Crippen molar-refractivity contribution >= 4 is 51.5 Å². The van der Waals surface area contributed by atoms with E-state index in [1.165, 1.54) is 16.6 Å². The molecule has 1 amide bonds. The minimum Gasteiger partial charge on any atom is -0.465 e. The largest absolute Gasteiger partial charge is 0.465 e. The van der Waals surface area contributed by atoms with Crippen molar-refractivity contribution in [2.24, 2.45) is 5.10 Å². The number of rotatable bonds is 7. The maximum atomic E-state index is 13.8.